The highest BCUT2D eigenvalue weighted by Gasteiger charge is 2.44. The third kappa shape index (κ3) is 8.17. The highest BCUT2D eigenvalue weighted by Crippen LogP contribution is 2.55. The fourth-order valence-electron chi connectivity index (χ4n) is 5.89. The van der Waals surface area contributed by atoms with Crippen LogP contribution in [-0.4, -0.2) is 72.1 Å². The maximum Gasteiger partial charge on any atom is 0.346 e. The second kappa shape index (κ2) is 15.1. The number of fused-ring (bicyclic) bond motifs is 2. The summed E-state index contributed by atoms with van der Waals surface area (Å²) in [6.07, 6.45) is 8.17. The topological polar surface area (TPSA) is 117 Å². The van der Waals surface area contributed by atoms with E-state index in [1.807, 2.05) is 4.57 Å². The van der Waals surface area contributed by atoms with Crippen LogP contribution in [0.4, 0.5) is 4.79 Å². The molecule has 3 aromatic carbocycles. The maximum atomic E-state index is 12.3. The molecule has 0 N–H and O–H groups in total. The molecule has 1 atom stereocenters. The second-order valence-electron chi connectivity index (χ2n) is 13.7. The summed E-state index contributed by atoms with van der Waals surface area (Å²) >= 11 is 0. The largest absolute Gasteiger partial charge is 0.724 e. The molecule has 3 heterocycles. The Balaban J connectivity index is 0.000000200. The summed E-state index contributed by atoms with van der Waals surface area (Å²) in [7, 11) is -8.67. The molecule has 13 heteroatoms. The van der Waals surface area contributed by atoms with Gasteiger partial charge in [0.25, 0.3) is 0 Å². The van der Waals surface area contributed by atoms with Gasteiger partial charge in [-0.15, -0.1) is 0 Å². The van der Waals surface area contributed by atoms with Gasteiger partial charge in [0.1, 0.15) is 35.0 Å². The number of imidazole rings is 1. The molecule has 1 unspecified atom stereocenters. The Labute approximate surface area is 297 Å². The maximum absolute atomic E-state index is 12.3. The quantitative estimate of drug-likeness (QED) is 0.0618. The molecule has 0 spiro atoms. The third-order valence-corrected chi connectivity index (χ3v) is 18.6. The summed E-state index contributed by atoms with van der Waals surface area (Å²) in [5.41, 5.74) is 0.741. The molecule has 264 valence electrons. The van der Waals surface area contributed by atoms with E-state index < -0.39 is 38.1 Å². The van der Waals surface area contributed by atoms with Gasteiger partial charge in [-0.05, 0) is 60.6 Å². The van der Waals surface area contributed by atoms with Gasteiger partial charge in [-0.1, -0.05) is 88.0 Å². The fourth-order valence-corrected chi connectivity index (χ4v) is 11.1. The predicted molar refractivity (Wildman–Crippen MR) is 202 cm³/mol. The average Bonchev–Trinajstić information content (AvgIpc) is 3.65. The number of urea groups is 1. The lowest BCUT2D eigenvalue weighted by Gasteiger charge is -2.36. The molecule has 1 saturated heterocycles. The molecule has 1 fully saturated rings. The van der Waals surface area contributed by atoms with Crippen molar-refractivity contribution < 1.29 is 26.5 Å². The molecule has 6 rings (SSSR count). The van der Waals surface area contributed by atoms with E-state index in [9.17, 15) is 17.8 Å². The number of amides is 2. The molecule has 4 aromatic rings. The second-order valence-corrected chi connectivity index (χ2v) is 23.1. The van der Waals surface area contributed by atoms with Crippen LogP contribution in [0, 0.1) is 0 Å². The number of benzene rings is 3. The smallest absolute Gasteiger partial charge is 0.346 e. The van der Waals surface area contributed by atoms with E-state index in [0.717, 1.165) is 11.9 Å². The Morgan fingerprint density at radius 2 is 1.48 bits per heavy atom. The van der Waals surface area contributed by atoms with Crippen molar-refractivity contribution in [3.8, 4) is 0 Å². The molecular formula is C37H45N4O6PSSi. The van der Waals surface area contributed by atoms with Crippen molar-refractivity contribution in [1.82, 2.24) is 19.5 Å². The lowest BCUT2D eigenvalue weighted by Crippen LogP contribution is -2.40. The van der Waals surface area contributed by atoms with Gasteiger partial charge in [-0.2, -0.15) is 9.35 Å². The first-order valence-electron chi connectivity index (χ1n) is 16.4. The minimum Gasteiger partial charge on any atom is -0.724 e. The van der Waals surface area contributed by atoms with Crippen LogP contribution in [0.3, 0.4) is 0 Å². The Morgan fingerprint density at radius 1 is 0.960 bits per heavy atom. The number of hydrogen-bond donors (Lipinski definition) is 0. The van der Waals surface area contributed by atoms with Crippen molar-refractivity contribution in [1.29, 1.82) is 0 Å². The minimum atomic E-state index is -5.03. The van der Waals surface area contributed by atoms with E-state index in [-0.39, 0.29) is 18.1 Å². The van der Waals surface area contributed by atoms with Gasteiger partial charge in [-0.3, -0.25) is 0 Å². The Kier molecular flexibility index (Phi) is 11.3. The zero-order valence-corrected chi connectivity index (χ0v) is 31.9. The van der Waals surface area contributed by atoms with Crippen LogP contribution in [0.15, 0.2) is 122 Å². The highest BCUT2D eigenvalue weighted by molar-refractivity contribution is 7.95. The van der Waals surface area contributed by atoms with Crippen LogP contribution in [-0.2, 0) is 25.7 Å². The molecule has 0 aliphatic carbocycles. The molecule has 0 saturated carbocycles. The van der Waals surface area contributed by atoms with Crippen molar-refractivity contribution in [2.24, 2.45) is 0 Å². The van der Waals surface area contributed by atoms with Crippen LogP contribution in [0.5, 0.6) is 0 Å². The minimum absolute atomic E-state index is 0.0629. The number of allylic oxidation sites excluding steroid dienone is 1. The van der Waals surface area contributed by atoms with Crippen LogP contribution in [0.25, 0.3) is 5.70 Å². The lowest BCUT2D eigenvalue weighted by molar-refractivity contribution is -0.0195. The van der Waals surface area contributed by atoms with Gasteiger partial charge in [-0.25, -0.2) is 18.2 Å². The molecule has 2 aliphatic heterocycles. The first-order chi connectivity index (χ1) is 23.7. The zero-order valence-electron chi connectivity index (χ0n) is 29.2. The number of hydrogen-bond acceptors (Lipinski definition) is 7. The normalized spacial score (nSPS) is 16.5. The van der Waals surface area contributed by atoms with Crippen molar-refractivity contribution in [2.75, 3.05) is 19.3 Å². The number of carbonyl (C=O) groups excluding carboxylic acids is 1. The number of rotatable bonds is 11. The zero-order chi connectivity index (χ0) is 36.2. The van der Waals surface area contributed by atoms with Gasteiger partial charge in [0.2, 0.25) is 10.4 Å². The summed E-state index contributed by atoms with van der Waals surface area (Å²) in [6.45, 7) is 15.7. The third-order valence-electron chi connectivity index (χ3n) is 9.47. The van der Waals surface area contributed by atoms with E-state index in [1.54, 1.807) is 18.5 Å². The van der Waals surface area contributed by atoms with Gasteiger partial charge in [0.05, 0.1) is 19.3 Å². The van der Waals surface area contributed by atoms with Gasteiger partial charge >= 0.3 is 6.03 Å². The van der Waals surface area contributed by atoms with Crippen LogP contribution >= 0.6 is 7.26 Å². The molecule has 10 nitrogen and oxygen atoms in total. The van der Waals surface area contributed by atoms with E-state index in [2.05, 4.69) is 147 Å². The van der Waals surface area contributed by atoms with E-state index >= 15 is 0 Å². The standard InChI is InChI=1S/C21H20P.C16H26N4O6SSi/c1-2-18-22(19-12-6-3-7-13-19,20-14-8-4-9-15-20)21-16-10-5-11-17-21;1-16(2,3)28(4,5)25-11-14-17-6-7-19(14)12-8-13-10-18(9-12)15(21)20(13)26-27(22,23)24/h2-17H,1,18H2;6-8,13H,9-11H2,1-5H3,(H,22,23,24)/q+1;/p-1. The van der Waals surface area contributed by atoms with E-state index in [1.165, 1.54) is 20.8 Å². The van der Waals surface area contributed by atoms with Gasteiger partial charge in [0, 0.05) is 24.6 Å². The number of nitrogens with zero attached hydrogens (tertiary/aromatic N) is 4. The Bertz CT molecular complexity index is 1820. The molecule has 50 heavy (non-hydrogen) atoms. The first kappa shape index (κ1) is 37.4. The number of hydroxylamine groups is 2. The van der Waals surface area contributed by atoms with Crippen molar-refractivity contribution >= 4 is 53.6 Å². The summed E-state index contributed by atoms with van der Waals surface area (Å²) in [5.74, 6) is 0.690. The highest BCUT2D eigenvalue weighted by atomic mass is 32.3. The molecule has 2 aliphatic rings. The molecule has 2 bridgehead atoms. The summed E-state index contributed by atoms with van der Waals surface area (Å²) in [5, 5.41) is 4.90. The van der Waals surface area contributed by atoms with E-state index in [0.29, 0.717) is 17.5 Å². The molecule has 1 aromatic heterocycles. The number of carbonyl (C=O) groups is 1. The Morgan fingerprint density at radius 3 is 1.94 bits per heavy atom. The van der Waals surface area contributed by atoms with E-state index in [4.69, 9.17) is 4.43 Å². The lowest BCUT2D eigenvalue weighted by atomic mass is 10.2. The first-order valence-corrected chi connectivity index (χ1v) is 22.6. The Hall–Kier alpha value is -3.90. The summed E-state index contributed by atoms with van der Waals surface area (Å²) in [4.78, 5) is 18.1. The van der Waals surface area contributed by atoms with Crippen molar-refractivity contribution in [3.63, 3.8) is 0 Å². The van der Waals surface area contributed by atoms with Crippen LogP contribution < -0.4 is 15.9 Å². The number of aromatic nitrogens is 2. The molecule has 2 amide bonds. The van der Waals surface area contributed by atoms with Gasteiger partial charge < -0.3 is 18.4 Å². The monoisotopic (exact) mass is 732 g/mol. The fraction of sp³-hybridized carbons (Fsp3) is 0.297. The van der Waals surface area contributed by atoms with Crippen LogP contribution in [0.1, 0.15) is 26.6 Å². The van der Waals surface area contributed by atoms with Crippen molar-refractivity contribution in [2.45, 2.75) is 51.6 Å². The average molecular weight is 733 g/mol. The van der Waals surface area contributed by atoms with Gasteiger partial charge in [0.15, 0.2) is 8.32 Å². The SMILES string of the molecule is C=CC[P+](c1ccccc1)(c1ccccc1)c1ccccc1.CC(C)(C)[Si](C)(C)OCc1nccn1C1=CC2CN(C1)C(=O)N2OS(=O)(=O)[O-]. The summed E-state index contributed by atoms with van der Waals surface area (Å²) in [6, 6.07) is 31.3. The summed E-state index contributed by atoms with van der Waals surface area (Å²) < 4.78 is 45.1. The molecular weight excluding hydrogens is 688 g/mol. The predicted octanol–water partition coefficient (Wildman–Crippen LogP) is 5.92. The van der Waals surface area contributed by atoms with Crippen LogP contribution in [0.2, 0.25) is 18.1 Å². The van der Waals surface area contributed by atoms with Crippen molar-refractivity contribution in [3.05, 3.63) is 128 Å². The molecule has 0 radical (unpaired) electrons.